The van der Waals surface area contributed by atoms with Crippen molar-refractivity contribution in [2.45, 2.75) is 106 Å². The molecule has 2 aromatic carbocycles. The van der Waals surface area contributed by atoms with Crippen LogP contribution in [0.2, 0.25) is 0 Å². The summed E-state index contributed by atoms with van der Waals surface area (Å²) in [5.74, 6) is 0.355. The molecule has 0 spiro atoms. The number of carbonyl (C=O) groups excluding carboxylic acids is 2. The molecule has 2 aliphatic rings. The average Bonchev–Trinajstić information content (AvgIpc) is 2.93. The molecule has 2 atom stereocenters. The number of anilines is 2. The number of fused-ring (bicyclic) bond motifs is 2. The van der Waals surface area contributed by atoms with Gasteiger partial charge in [0.2, 0.25) is 0 Å². The van der Waals surface area contributed by atoms with Gasteiger partial charge in [0, 0.05) is 24.9 Å². The second-order valence-electron chi connectivity index (χ2n) is 13.7. The summed E-state index contributed by atoms with van der Waals surface area (Å²) >= 11 is 0. The first kappa shape index (κ1) is 31.4. The van der Waals surface area contributed by atoms with Gasteiger partial charge in [0.25, 0.3) is 0 Å². The van der Waals surface area contributed by atoms with E-state index in [1.54, 1.807) is 0 Å². The van der Waals surface area contributed by atoms with E-state index in [4.69, 9.17) is 9.47 Å². The molecule has 2 N–H and O–H groups in total. The van der Waals surface area contributed by atoms with Crippen molar-refractivity contribution in [1.29, 1.82) is 0 Å². The van der Waals surface area contributed by atoms with E-state index >= 15 is 0 Å². The van der Waals surface area contributed by atoms with Crippen LogP contribution in [0.4, 0.5) is 11.4 Å². The molecule has 2 aromatic rings. The fourth-order valence-corrected chi connectivity index (χ4v) is 5.26. The van der Waals surface area contributed by atoms with Crippen LogP contribution in [0.3, 0.4) is 0 Å². The second kappa shape index (κ2) is 12.8. The molecule has 0 aromatic heterocycles. The molecular formula is C36H48N2O4. The minimum absolute atomic E-state index is 0.0417. The molecule has 0 saturated carbocycles. The number of rotatable bonds is 9. The number of hydrogen-bond acceptors (Lipinski definition) is 6. The number of esters is 2. The zero-order valence-electron chi connectivity index (χ0n) is 26.6. The highest BCUT2D eigenvalue weighted by Gasteiger charge is 2.33. The number of ether oxygens (including phenoxy) is 2. The van der Waals surface area contributed by atoms with E-state index < -0.39 is 0 Å². The predicted octanol–water partition coefficient (Wildman–Crippen LogP) is 9.25. The third-order valence-corrected chi connectivity index (χ3v) is 7.97. The SMILES string of the molecule is CCCCC(=O)Oc1ccc2c(c1-c1c(OC(=O)CCCC)ccc3c1NC(C(C)(C)C)C=C3)NC(C(C)(C)C)C=C2. The standard InChI is InChI=1S/C36H48N2O4/c1-9-11-13-29(39)41-25-19-15-23-17-21-27(35(3,4)5)37-33(23)31(25)32-26(42-30(40)14-12-10-2)20-16-24-18-22-28(36(6,7)8)38-34(24)32/h15-22,27-28,37-38H,9-14H2,1-8H3. The van der Waals surface area contributed by atoms with Crippen LogP contribution in [0.5, 0.6) is 11.5 Å². The summed E-state index contributed by atoms with van der Waals surface area (Å²) in [5.41, 5.74) is 5.01. The first-order chi connectivity index (χ1) is 19.8. The Morgan fingerprint density at radius 2 is 1.05 bits per heavy atom. The molecule has 0 aliphatic carbocycles. The maximum absolute atomic E-state index is 13.0. The van der Waals surface area contributed by atoms with Gasteiger partial charge < -0.3 is 20.1 Å². The van der Waals surface area contributed by atoms with Crippen LogP contribution in [0, 0.1) is 10.8 Å². The molecule has 2 heterocycles. The molecule has 42 heavy (non-hydrogen) atoms. The average molecular weight is 573 g/mol. The van der Waals surface area contributed by atoms with Gasteiger partial charge in [-0.05, 0) is 59.1 Å². The molecule has 0 amide bonds. The normalized spacial score (nSPS) is 17.5. The fourth-order valence-electron chi connectivity index (χ4n) is 5.26. The van der Waals surface area contributed by atoms with E-state index in [0.717, 1.165) is 59.3 Å². The van der Waals surface area contributed by atoms with Gasteiger partial charge in [-0.15, -0.1) is 0 Å². The van der Waals surface area contributed by atoms with Gasteiger partial charge in [0.05, 0.1) is 22.5 Å². The van der Waals surface area contributed by atoms with Gasteiger partial charge in [-0.25, -0.2) is 0 Å². The van der Waals surface area contributed by atoms with Crippen molar-refractivity contribution in [3.63, 3.8) is 0 Å². The molecule has 0 saturated heterocycles. The Bertz CT molecular complexity index is 1270. The Balaban J connectivity index is 1.98. The maximum atomic E-state index is 13.0. The van der Waals surface area contributed by atoms with Gasteiger partial charge in [0.15, 0.2) is 0 Å². The van der Waals surface area contributed by atoms with Crippen LogP contribution in [0.1, 0.15) is 105 Å². The molecule has 226 valence electrons. The highest BCUT2D eigenvalue weighted by atomic mass is 16.5. The van der Waals surface area contributed by atoms with E-state index in [9.17, 15) is 9.59 Å². The van der Waals surface area contributed by atoms with Gasteiger partial charge in [0.1, 0.15) is 11.5 Å². The van der Waals surface area contributed by atoms with Gasteiger partial charge in [-0.2, -0.15) is 0 Å². The summed E-state index contributed by atoms with van der Waals surface area (Å²) in [6.07, 6.45) is 12.6. The summed E-state index contributed by atoms with van der Waals surface area (Å²) in [6.45, 7) is 17.3. The Labute approximate surface area is 252 Å². The Morgan fingerprint density at radius 1 is 0.667 bits per heavy atom. The van der Waals surface area contributed by atoms with E-state index in [1.165, 1.54) is 0 Å². The van der Waals surface area contributed by atoms with Crippen LogP contribution < -0.4 is 20.1 Å². The summed E-state index contributed by atoms with van der Waals surface area (Å²) in [6, 6.07) is 7.78. The molecule has 6 nitrogen and oxygen atoms in total. The molecule has 0 fully saturated rings. The second-order valence-corrected chi connectivity index (χ2v) is 13.7. The minimum atomic E-state index is -0.275. The van der Waals surface area contributed by atoms with Crippen LogP contribution in [0.25, 0.3) is 23.3 Å². The first-order valence-corrected chi connectivity index (χ1v) is 15.5. The van der Waals surface area contributed by atoms with E-state index in [0.29, 0.717) is 24.3 Å². The van der Waals surface area contributed by atoms with Crippen molar-refractivity contribution >= 4 is 35.5 Å². The molecule has 0 radical (unpaired) electrons. The lowest BCUT2D eigenvalue weighted by Crippen LogP contribution is -2.34. The summed E-state index contributed by atoms with van der Waals surface area (Å²) < 4.78 is 12.2. The Morgan fingerprint density at radius 3 is 1.38 bits per heavy atom. The zero-order valence-corrected chi connectivity index (χ0v) is 26.6. The van der Waals surface area contributed by atoms with Crippen molar-refractivity contribution in [3.8, 4) is 22.6 Å². The van der Waals surface area contributed by atoms with Crippen molar-refractivity contribution in [2.75, 3.05) is 10.6 Å². The van der Waals surface area contributed by atoms with Crippen molar-refractivity contribution in [2.24, 2.45) is 10.8 Å². The predicted molar refractivity (Wildman–Crippen MR) is 174 cm³/mol. The van der Waals surface area contributed by atoms with Crippen LogP contribution in [-0.4, -0.2) is 24.0 Å². The summed E-state index contributed by atoms with van der Waals surface area (Å²) in [4.78, 5) is 26.1. The lowest BCUT2D eigenvalue weighted by atomic mass is 9.82. The maximum Gasteiger partial charge on any atom is 0.311 e. The van der Waals surface area contributed by atoms with Crippen molar-refractivity contribution in [3.05, 3.63) is 47.5 Å². The molecule has 0 bridgehead atoms. The quantitative estimate of drug-likeness (QED) is 0.230. The van der Waals surface area contributed by atoms with Gasteiger partial charge in [-0.3, -0.25) is 9.59 Å². The summed E-state index contributed by atoms with van der Waals surface area (Å²) in [5, 5.41) is 7.52. The lowest BCUT2D eigenvalue weighted by molar-refractivity contribution is -0.135. The molecular weight excluding hydrogens is 524 g/mol. The van der Waals surface area contributed by atoms with E-state index in [1.807, 2.05) is 24.3 Å². The number of carbonyl (C=O) groups is 2. The number of unbranched alkanes of at least 4 members (excludes halogenated alkanes) is 2. The zero-order chi connectivity index (χ0) is 30.7. The van der Waals surface area contributed by atoms with E-state index in [-0.39, 0.29) is 34.9 Å². The third-order valence-electron chi connectivity index (χ3n) is 7.97. The molecule has 2 unspecified atom stereocenters. The lowest BCUT2D eigenvalue weighted by Gasteiger charge is -2.36. The third kappa shape index (κ3) is 7.08. The van der Waals surface area contributed by atoms with Crippen LogP contribution in [-0.2, 0) is 9.59 Å². The Hall–Kier alpha value is -3.54. The smallest absolute Gasteiger partial charge is 0.311 e. The van der Waals surface area contributed by atoms with E-state index in [2.05, 4.69) is 90.3 Å². The molecule has 4 rings (SSSR count). The van der Waals surface area contributed by atoms with Crippen LogP contribution in [0.15, 0.2) is 36.4 Å². The first-order valence-electron chi connectivity index (χ1n) is 15.5. The minimum Gasteiger partial charge on any atom is -0.426 e. The monoisotopic (exact) mass is 572 g/mol. The molecule has 6 heteroatoms. The van der Waals surface area contributed by atoms with Crippen molar-refractivity contribution < 1.29 is 19.1 Å². The molecule has 2 aliphatic heterocycles. The van der Waals surface area contributed by atoms with Gasteiger partial charge in [-0.1, -0.05) is 92.5 Å². The van der Waals surface area contributed by atoms with Gasteiger partial charge >= 0.3 is 11.9 Å². The highest BCUT2D eigenvalue weighted by Crippen LogP contribution is 2.52. The number of benzene rings is 2. The largest absolute Gasteiger partial charge is 0.426 e. The fraction of sp³-hybridized carbons (Fsp3) is 0.500. The summed E-state index contributed by atoms with van der Waals surface area (Å²) in [7, 11) is 0. The highest BCUT2D eigenvalue weighted by molar-refractivity contribution is 6.01. The number of nitrogens with one attached hydrogen (secondary N) is 2. The number of hydrogen-bond donors (Lipinski definition) is 2. The van der Waals surface area contributed by atoms with Crippen molar-refractivity contribution in [1.82, 2.24) is 0 Å². The topological polar surface area (TPSA) is 76.7 Å². The Kier molecular flexibility index (Phi) is 9.54. The van der Waals surface area contributed by atoms with Crippen LogP contribution >= 0.6 is 0 Å².